The zero-order valence-electron chi connectivity index (χ0n) is 16.4. The van der Waals surface area contributed by atoms with Gasteiger partial charge in [0.15, 0.2) is 0 Å². The molecule has 5 rings (SSSR count). The van der Waals surface area contributed by atoms with E-state index in [1.54, 1.807) is 12.4 Å². The maximum Gasteiger partial charge on any atom is 0.289 e. The second kappa shape index (κ2) is 7.44. The number of imidazole rings is 1. The summed E-state index contributed by atoms with van der Waals surface area (Å²) in [5, 5.41) is 10.3. The lowest BCUT2D eigenvalue weighted by Gasteiger charge is -2.12. The molecule has 0 aliphatic rings. The summed E-state index contributed by atoms with van der Waals surface area (Å²) in [5.41, 5.74) is 5.41. The zero-order valence-corrected chi connectivity index (χ0v) is 16.4. The average molecular weight is 396 g/mol. The average Bonchev–Trinajstić information content (AvgIpc) is 3.40. The molecule has 7 nitrogen and oxygen atoms in total. The van der Waals surface area contributed by atoms with Crippen LogP contribution in [0, 0.1) is 0 Å². The van der Waals surface area contributed by atoms with Crippen molar-refractivity contribution in [3.05, 3.63) is 78.4 Å². The van der Waals surface area contributed by atoms with E-state index in [9.17, 15) is 4.79 Å². The third-order valence-electron chi connectivity index (χ3n) is 5.27. The van der Waals surface area contributed by atoms with Gasteiger partial charge in [0.2, 0.25) is 5.82 Å². The first kappa shape index (κ1) is 18.1. The molecule has 0 bridgehead atoms. The number of rotatable bonds is 5. The highest BCUT2D eigenvalue weighted by molar-refractivity contribution is 6.02. The third-order valence-corrected chi connectivity index (χ3v) is 5.27. The van der Waals surface area contributed by atoms with Crippen LogP contribution in [0.1, 0.15) is 29.0 Å². The molecule has 1 amide bonds. The fraction of sp³-hybridized carbons (Fsp3) is 0.130. The summed E-state index contributed by atoms with van der Waals surface area (Å²) < 4.78 is 0. The molecule has 148 valence electrons. The van der Waals surface area contributed by atoms with Crippen LogP contribution in [0.3, 0.4) is 0 Å². The molecule has 0 aliphatic carbocycles. The van der Waals surface area contributed by atoms with E-state index in [4.69, 9.17) is 0 Å². The molecule has 0 saturated heterocycles. The SMILES string of the molecule is CC(CNC(=O)c1nc2cc3[nH][nH]c(-c4ccncc4)c3cc2n1)c1ccccc1. The Morgan fingerprint density at radius 1 is 1.00 bits per heavy atom. The molecule has 3 N–H and O–H groups in total. The van der Waals surface area contributed by atoms with Crippen molar-refractivity contribution in [2.24, 2.45) is 0 Å². The van der Waals surface area contributed by atoms with Gasteiger partial charge in [0.25, 0.3) is 5.91 Å². The van der Waals surface area contributed by atoms with E-state index < -0.39 is 0 Å². The molecule has 0 radical (unpaired) electrons. The second-order valence-corrected chi connectivity index (χ2v) is 7.32. The predicted octanol–water partition coefficient (Wildman–Crippen LogP) is 4.03. The van der Waals surface area contributed by atoms with Crippen LogP contribution in [0.15, 0.2) is 67.0 Å². The molecular formula is C23H20N6O. The molecule has 0 saturated carbocycles. The van der Waals surface area contributed by atoms with E-state index in [1.807, 2.05) is 42.5 Å². The summed E-state index contributed by atoms with van der Waals surface area (Å²) in [4.78, 5) is 25.6. The van der Waals surface area contributed by atoms with Crippen LogP contribution >= 0.6 is 0 Å². The molecule has 1 unspecified atom stereocenters. The van der Waals surface area contributed by atoms with Crippen molar-refractivity contribution >= 4 is 27.8 Å². The summed E-state index contributed by atoms with van der Waals surface area (Å²) in [6.45, 7) is 2.60. The van der Waals surface area contributed by atoms with E-state index in [2.05, 4.69) is 49.5 Å². The topological polar surface area (TPSA) is 99.3 Å². The quantitative estimate of drug-likeness (QED) is 0.417. The van der Waals surface area contributed by atoms with Crippen molar-refractivity contribution in [1.82, 2.24) is 30.5 Å². The zero-order chi connectivity index (χ0) is 20.5. The molecular weight excluding hydrogens is 376 g/mol. The van der Waals surface area contributed by atoms with E-state index >= 15 is 0 Å². The minimum atomic E-state index is -0.265. The molecule has 3 aromatic heterocycles. The number of aromatic amines is 2. The number of aromatic nitrogens is 5. The van der Waals surface area contributed by atoms with Gasteiger partial charge in [-0.1, -0.05) is 37.3 Å². The van der Waals surface area contributed by atoms with Gasteiger partial charge in [-0.15, -0.1) is 0 Å². The first-order valence-corrected chi connectivity index (χ1v) is 9.80. The van der Waals surface area contributed by atoms with Gasteiger partial charge in [-0.25, -0.2) is 9.97 Å². The first-order valence-electron chi connectivity index (χ1n) is 9.80. The second-order valence-electron chi connectivity index (χ2n) is 7.32. The normalized spacial score (nSPS) is 12.3. The van der Waals surface area contributed by atoms with E-state index in [0.717, 1.165) is 22.2 Å². The number of carbonyl (C=O) groups is 1. The van der Waals surface area contributed by atoms with Crippen molar-refractivity contribution < 1.29 is 4.79 Å². The fourth-order valence-corrected chi connectivity index (χ4v) is 3.59. The van der Waals surface area contributed by atoms with E-state index in [-0.39, 0.29) is 17.6 Å². The number of H-pyrrole nitrogens is 2. The van der Waals surface area contributed by atoms with E-state index in [0.29, 0.717) is 17.6 Å². The molecule has 5 aromatic rings. The number of fused-ring (bicyclic) bond motifs is 2. The van der Waals surface area contributed by atoms with Gasteiger partial charge in [-0.05, 0) is 35.7 Å². The van der Waals surface area contributed by atoms with Crippen LogP contribution in [-0.4, -0.2) is 37.6 Å². The van der Waals surface area contributed by atoms with Gasteiger partial charge in [0.05, 0.1) is 22.2 Å². The number of amides is 1. The predicted molar refractivity (Wildman–Crippen MR) is 116 cm³/mol. The van der Waals surface area contributed by atoms with Crippen LogP contribution < -0.4 is 5.32 Å². The number of nitrogens with one attached hydrogen (secondary N) is 3. The number of carbonyl (C=O) groups excluding carboxylic acids is 1. The number of hydrogen-bond donors (Lipinski definition) is 3. The third kappa shape index (κ3) is 3.30. The maximum atomic E-state index is 12.6. The molecule has 2 aromatic carbocycles. The summed E-state index contributed by atoms with van der Waals surface area (Å²) in [6, 6.07) is 17.8. The lowest BCUT2D eigenvalue weighted by atomic mass is 10.0. The van der Waals surface area contributed by atoms with Crippen LogP contribution in [0.2, 0.25) is 0 Å². The molecule has 0 aliphatic heterocycles. The van der Waals surface area contributed by atoms with Gasteiger partial charge in [-0.2, -0.15) is 0 Å². The van der Waals surface area contributed by atoms with Crippen LogP contribution in [-0.2, 0) is 0 Å². The lowest BCUT2D eigenvalue weighted by Crippen LogP contribution is -2.28. The molecule has 0 fully saturated rings. The smallest absolute Gasteiger partial charge is 0.289 e. The number of benzene rings is 2. The Bertz CT molecular complexity index is 1320. The summed E-state index contributed by atoms with van der Waals surface area (Å²) in [6.07, 6.45) is 3.50. The van der Waals surface area contributed by atoms with Crippen molar-refractivity contribution in [3.63, 3.8) is 0 Å². The first-order chi connectivity index (χ1) is 14.7. The van der Waals surface area contributed by atoms with Crippen LogP contribution in [0.25, 0.3) is 33.2 Å². The van der Waals surface area contributed by atoms with Gasteiger partial charge in [-0.3, -0.25) is 14.9 Å². The maximum absolute atomic E-state index is 12.6. The van der Waals surface area contributed by atoms with Crippen molar-refractivity contribution in [3.8, 4) is 11.3 Å². The number of pyridine rings is 1. The Morgan fingerprint density at radius 2 is 1.73 bits per heavy atom. The monoisotopic (exact) mass is 396 g/mol. The van der Waals surface area contributed by atoms with Crippen LogP contribution in [0.5, 0.6) is 0 Å². The molecule has 7 heteroatoms. The Hall–Kier alpha value is -4.00. The number of nitrogens with zero attached hydrogens (tertiary/aromatic N) is 3. The fourth-order valence-electron chi connectivity index (χ4n) is 3.59. The Kier molecular flexibility index (Phi) is 4.48. The van der Waals surface area contributed by atoms with Gasteiger partial charge in [0.1, 0.15) is 0 Å². The molecule has 30 heavy (non-hydrogen) atoms. The summed E-state index contributed by atoms with van der Waals surface area (Å²) in [5.74, 6) is 0.127. The Labute approximate surface area is 172 Å². The standard InChI is InChI=1S/C23H20N6O/c1-14(15-5-3-2-4-6-15)13-25-23(30)22-26-19-11-17-18(12-20(19)27-22)28-29-21(17)16-7-9-24-10-8-16/h2-12,14,28-29H,13H2,1H3,(H,25,30). The summed E-state index contributed by atoms with van der Waals surface area (Å²) in [7, 11) is 0. The minimum absolute atomic E-state index is 0.187. The van der Waals surface area contributed by atoms with Gasteiger partial charge >= 0.3 is 0 Å². The highest BCUT2D eigenvalue weighted by Gasteiger charge is 2.16. The molecule has 0 spiro atoms. The van der Waals surface area contributed by atoms with Crippen LogP contribution in [0.4, 0.5) is 0 Å². The van der Waals surface area contributed by atoms with Crippen molar-refractivity contribution in [2.45, 2.75) is 12.8 Å². The Balaban J connectivity index is 1.40. The molecule has 3 heterocycles. The van der Waals surface area contributed by atoms with Gasteiger partial charge < -0.3 is 10.4 Å². The van der Waals surface area contributed by atoms with Crippen molar-refractivity contribution in [2.75, 3.05) is 6.54 Å². The number of hydrogen-bond acceptors (Lipinski definition) is 4. The highest BCUT2D eigenvalue weighted by atomic mass is 16.2. The Morgan fingerprint density at radius 3 is 2.50 bits per heavy atom. The molecule has 1 atom stereocenters. The van der Waals surface area contributed by atoms with E-state index in [1.165, 1.54) is 5.56 Å². The highest BCUT2D eigenvalue weighted by Crippen LogP contribution is 2.28. The van der Waals surface area contributed by atoms with Crippen molar-refractivity contribution in [1.29, 1.82) is 0 Å². The minimum Gasteiger partial charge on any atom is -0.349 e. The summed E-state index contributed by atoms with van der Waals surface area (Å²) >= 11 is 0. The largest absolute Gasteiger partial charge is 0.349 e. The van der Waals surface area contributed by atoms with Gasteiger partial charge in [0, 0.05) is 29.9 Å². The lowest BCUT2D eigenvalue weighted by molar-refractivity contribution is 0.0942.